The Labute approximate surface area is 140 Å². The van der Waals surface area contributed by atoms with Crippen molar-refractivity contribution in [3.8, 4) is 5.75 Å². The third-order valence-corrected chi connectivity index (χ3v) is 4.24. The van der Waals surface area contributed by atoms with Gasteiger partial charge in [-0.2, -0.15) is 5.10 Å². The Bertz CT molecular complexity index is 707. The number of hydrogen-bond donors (Lipinski definition) is 1. The van der Waals surface area contributed by atoms with Crippen LogP contribution in [0.2, 0.25) is 0 Å². The largest absolute Gasteiger partial charge is 0.486 e. The maximum absolute atomic E-state index is 5.75. The molecule has 3 rings (SSSR count). The first-order valence-electron chi connectivity index (χ1n) is 7.60. The number of nitrogens with zero attached hydrogens (tertiary/aromatic N) is 3. The van der Waals surface area contributed by atoms with E-state index in [1.165, 1.54) is 5.56 Å². The lowest BCUT2D eigenvalue weighted by molar-refractivity contribution is 0.305. The fourth-order valence-corrected chi connectivity index (χ4v) is 2.82. The van der Waals surface area contributed by atoms with Gasteiger partial charge in [-0.25, -0.2) is 4.98 Å². The van der Waals surface area contributed by atoms with Gasteiger partial charge >= 0.3 is 0 Å². The lowest BCUT2D eigenvalue weighted by Gasteiger charge is -2.04. The molecular formula is C17H20N4OS. The third-order valence-electron chi connectivity index (χ3n) is 3.37. The smallest absolute Gasteiger partial charge is 0.140 e. The van der Waals surface area contributed by atoms with Gasteiger partial charge in [0.1, 0.15) is 17.4 Å². The fourth-order valence-electron chi connectivity index (χ4n) is 2.12. The summed E-state index contributed by atoms with van der Waals surface area (Å²) in [7, 11) is 0. The number of thiazole rings is 1. The summed E-state index contributed by atoms with van der Waals surface area (Å²) >= 11 is 1.63. The van der Waals surface area contributed by atoms with Crippen LogP contribution in [0, 0.1) is 6.92 Å². The van der Waals surface area contributed by atoms with E-state index in [9.17, 15) is 0 Å². The normalized spacial score (nSPS) is 10.8. The highest BCUT2D eigenvalue weighted by atomic mass is 32.1. The quantitative estimate of drug-likeness (QED) is 0.646. The third kappa shape index (κ3) is 4.91. The van der Waals surface area contributed by atoms with Crippen LogP contribution >= 0.6 is 11.3 Å². The van der Waals surface area contributed by atoms with E-state index < -0.39 is 0 Å². The van der Waals surface area contributed by atoms with Crippen molar-refractivity contribution in [3.05, 3.63) is 64.4 Å². The van der Waals surface area contributed by atoms with Crippen LogP contribution in [-0.2, 0) is 19.7 Å². The Morgan fingerprint density at radius 1 is 1.26 bits per heavy atom. The maximum Gasteiger partial charge on any atom is 0.140 e. The Morgan fingerprint density at radius 3 is 2.91 bits per heavy atom. The summed E-state index contributed by atoms with van der Waals surface area (Å²) in [5, 5.41) is 10.6. The highest BCUT2D eigenvalue weighted by Crippen LogP contribution is 2.16. The van der Waals surface area contributed by atoms with Crippen molar-refractivity contribution in [1.82, 2.24) is 20.1 Å². The molecule has 2 aromatic heterocycles. The molecule has 5 nitrogen and oxygen atoms in total. The lowest BCUT2D eigenvalue weighted by Crippen LogP contribution is -2.19. The molecule has 120 valence electrons. The highest BCUT2D eigenvalue weighted by Gasteiger charge is 2.03. The van der Waals surface area contributed by atoms with Gasteiger partial charge in [0.25, 0.3) is 0 Å². The summed E-state index contributed by atoms with van der Waals surface area (Å²) < 4.78 is 7.66. The van der Waals surface area contributed by atoms with E-state index in [4.69, 9.17) is 4.74 Å². The van der Waals surface area contributed by atoms with Gasteiger partial charge in [-0.1, -0.05) is 17.7 Å². The molecule has 0 atom stereocenters. The van der Waals surface area contributed by atoms with Gasteiger partial charge in [0.15, 0.2) is 0 Å². The molecule has 2 heterocycles. The number of nitrogens with one attached hydrogen (secondary N) is 1. The number of rotatable bonds is 8. The Morgan fingerprint density at radius 2 is 2.13 bits per heavy atom. The van der Waals surface area contributed by atoms with Crippen LogP contribution in [0.15, 0.2) is 48.1 Å². The van der Waals surface area contributed by atoms with E-state index in [2.05, 4.69) is 27.7 Å². The van der Waals surface area contributed by atoms with Crippen molar-refractivity contribution in [3.63, 3.8) is 0 Å². The van der Waals surface area contributed by atoms with E-state index >= 15 is 0 Å². The van der Waals surface area contributed by atoms with Gasteiger partial charge < -0.3 is 10.1 Å². The molecule has 3 aromatic rings. The lowest BCUT2D eigenvalue weighted by atomic mass is 10.2. The molecule has 0 aliphatic carbocycles. The van der Waals surface area contributed by atoms with Crippen LogP contribution in [0.4, 0.5) is 0 Å². The molecular weight excluding hydrogens is 308 g/mol. The predicted octanol–water partition coefficient (Wildman–Crippen LogP) is 3.02. The monoisotopic (exact) mass is 328 g/mol. The van der Waals surface area contributed by atoms with Crippen LogP contribution in [-0.4, -0.2) is 21.3 Å². The molecule has 0 unspecified atom stereocenters. The average molecular weight is 328 g/mol. The Hall–Kier alpha value is -2.18. The van der Waals surface area contributed by atoms with E-state index in [1.807, 2.05) is 41.2 Å². The molecule has 0 aliphatic rings. The molecule has 1 N–H and O–H groups in total. The van der Waals surface area contributed by atoms with E-state index in [0.29, 0.717) is 6.61 Å². The molecule has 6 heteroatoms. The van der Waals surface area contributed by atoms with Crippen molar-refractivity contribution in [2.45, 2.75) is 26.6 Å². The van der Waals surface area contributed by atoms with E-state index in [0.717, 1.165) is 36.1 Å². The fraction of sp³-hybridized carbons (Fsp3) is 0.294. The molecule has 23 heavy (non-hydrogen) atoms. The van der Waals surface area contributed by atoms with Crippen molar-refractivity contribution in [2.75, 3.05) is 6.54 Å². The minimum atomic E-state index is 0.515. The first-order valence-corrected chi connectivity index (χ1v) is 8.48. The SMILES string of the molecule is Cc1ccc(OCc2nc(CNCCn3cccn3)cs2)cc1. The summed E-state index contributed by atoms with van der Waals surface area (Å²) in [5.41, 5.74) is 2.29. The zero-order chi connectivity index (χ0) is 15.9. The van der Waals surface area contributed by atoms with Gasteiger partial charge in [0.2, 0.25) is 0 Å². The van der Waals surface area contributed by atoms with E-state index in [1.54, 1.807) is 17.5 Å². The summed E-state index contributed by atoms with van der Waals surface area (Å²) in [4.78, 5) is 4.59. The van der Waals surface area contributed by atoms with Crippen LogP contribution in [0.1, 0.15) is 16.3 Å². The van der Waals surface area contributed by atoms with Crippen LogP contribution in [0.5, 0.6) is 5.75 Å². The van der Waals surface area contributed by atoms with Crippen molar-refractivity contribution < 1.29 is 4.74 Å². The van der Waals surface area contributed by atoms with Crippen LogP contribution in [0.3, 0.4) is 0 Å². The van der Waals surface area contributed by atoms with Gasteiger partial charge in [0, 0.05) is 30.9 Å². The van der Waals surface area contributed by atoms with Gasteiger partial charge in [-0.15, -0.1) is 11.3 Å². The highest BCUT2D eigenvalue weighted by molar-refractivity contribution is 7.09. The zero-order valence-electron chi connectivity index (χ0n) is 13.1. The van der Waals surface area contributed by atoms with Gasteiger partial charge in [0.05, 0.1) is 12.2 Å². The Kier molecular flexibility index (Phi) is 5.39. The molecule has 0 fully saturated rings. The zero-order valence-corrected chi connectivity index (χ0v) is 13.9. The van der Waals surface area contributed by atoms with Crippen molar-refractivity contribution in [2.24, 2.45) is 0 Å². The summed E-state index contributed by atoms with van der Waals surface area (Å²) in [6, 6.07) is 10.0. The molecule has 0 saturated carbocycles. The minimum absolute atomic E-state index is 0.515. The number of aryl methyl sites for hydroxylation is 1. The second kappa shape index (κ2) is 7.89. The maximum atomic E-state index is 5.75. The molecule has 0 radical (unpaired) electrons. The predicted molar refractivity (Wildman–Crippen MR) is 91.6 cm³/mol. The number of benzene rings is 1. The van der Waals surface area contributed by atoms with Gasteiger partial charge in [-0.05, 0) is 25.1 Å². The number of hydrogen-bond acceptors (Lipinski definition) is 5. The number of aromatic nitrogens is 3. The first-order chi connectivity index (χ1) is 11.3. The number of ether oxygens (including phenoxy) is 1. The summed E-state index contributed by atoms with van der Waals surface area (Å²) in [6.45, 7) is 5.08. The molecule has 0 spiro atoms. The Balaban J connectivity index is 1.40. The topological polar surface area (TPSA) is 52.0 Å². The summed E-state index contributed by atoms with van der Waals surface area (Å²) in [6.07, 6.45) is 3.76. The minimum Gasteiger partial charge on any atom is -0.486 e. The van der Waals surface area contributed by atoms with E-state index in [-0.39, 0.29) is 0 Å². The molecule has 1 aromatic carbocycles. The first kappa shape index (κ1) is 15.7. The van der Waals surface area contributed by atoms with Crippen molar-refractivity contribution >= 4 is 11.3 Å². The average Bonchev–Trinajstić information content (AvgIpc) is 3.23. The van der Waals surface area contributed by atoms with Crippen molar-refractivity contribution in [1.29, 1.82) is 0 Å². The molecule has 0 bridgehead atoms. The molecule has 0 aliphatic heterocycles. The molecule has 0 saturated heterocycles. The summed E-state index contributed by atoms with van der Waals surface area (Å²) in [5.74, 6) is 0.879. The second-order valence-corrected chi connectivity index (χ2v) is 6.22. The van der Waals surface area contributed by atoms with Crippen LogP contribution in [0.25, 0.3) is 0 Å². The van der Waals surface area contributed by atoms with Crippen LogP contribution < -0.4 is 10.1 Å². The van der Waals surface area contributed by atoms with Gasteiger partial charge in [-0.3, -0.25) is 4.68 Å². The molecule has 0 amide bonds. The standard InChI is InChI=1S/C17H20N4OS/c1-14-3-5-16(6-4-14)22-12-17-20-15(13-23-17)11-18-8-10-21-9-2-7-19-21/h2-7,9,13,18H,8,10-12H2,1H3. The second-order valence-electron chi connectivity index (χ2n) is 5.28.